The highest BCUT2D eigenvalue weighted by Crippen LogP contribution is 2.29. The van der Waals surface area contributed by atoms with Crippen LogP contribution in [0.3, 0.4) is 0 Å². The summed E-state index contributed by atoms with van der Waals surface area (Å²) in [6, 6.07) is 5.31. The molecule has 0 saturated carbocycles. The SMILES string of the molecule is Cc1cc(SC#N)ccc1NC(=O)C1CC=CCC1C(=O)O. The zero-order valence-corrected chi connectivity index (χ0v) is 12.9. The minimum atomic E-state index is -0.943. The number of anilines is 1. The molecular formula is C16H16N2O3S. The molecule has 1 aliphatic carbocycles. The van der Waals surface area contributed by atoms with Crippen molar-refractivity contribution in [3.8, 4) is 5.40 Å². The van der Waals surface area contributed by atoms with E-state index in [0.717, 1.165) is 22.2 Å². The fraction of sp³-hybridized carbons (Fsp3) is 0.312. The number of nitrogens with one attached hydrogen (secondary N) is 1. The molecule has 5 nitrogen and oxygen atoms in total. The molecule has 6 heteroatoms. The van der Waals surface area contributed by atoms with Crippen molar-refractivity contribution in [2.24, 2.45) is 11.8 Å². The van der Waals surface area contributed by atoms with Crippen molar-refractivity contribution >= 4 is 29.3 Å². The van der Waals surface area contributed by atoms with Crippen molar-refractivity contribution in [3.05, 3.63) is 35.9 Å². The number of benzene rings is 1. The third kappa shape index (κ3) is 3.68. The average Bonchev–Trinajstić information content (AvgIpc) is 2.50. The number of aliphatic carboxylic acids is 1. The van der Waals surface area contributed by atoms with Crippen molar-refractivity contribution in [2.45, 2.75) is 24.7 Å². The number of nitriles is 1. The van der Waals surface area contributed by atoms with Crippen LogP contribution >= 0.6 is 11.8 Å². The number of thioether (sulfide) groups is 1. The van der Waals surface area contributed by atoms with Crippen LogP contribution in [-0.4, -0.2) is 17.0 Å². The second kappa shape index (κ2) is 7.14. The van der Waals surface area contributed by atoms with Gasteiger partial charge in [-0.05, 0) is 55.3 Å². The first-order chi connectivity index (χ1) is 10.5. The minimum Gasteiger partial charge on any atom is -0.481 e. The van der Waals surface area contributed by atoms with E-state index in [2.05, 4.69) is 5.32 Å². The van der Waals surface area contributed by atoms with Gasteiger partial charge in [0.2, 0.25) is 5.91 Å². The van der Waals surface area contributed by atoms with Gasteiger partial charge in [0, 0.05) is 10.6 Å². The van der Waals surface area contributed by atoms with Gasteiger partial charge >= 0.3 is 5.97 Å². The summed E-state index contributed by atoms with van der Waals surface area (Å²) in [6.45, 7) is 1.84. The molecule has 0 fully saturated rings. The van der Waals surface area contributed by atoms with Crippen molar-refractivity contribution in [2.75, 3.05) is 5.32 Å². The quantitative estimate of drug-likeness (QED) is 0.506. The number of amides is 1. The maximum Gasteiger partial charge on any atom is 0.307 e. The molecule has 114 valence electrons. The lowest BCUT2D eigenvalue weighted by atomic mass is 9.82. The standard InChI is InChI=1S/C16H16N2O3S/c1-10-8-11(22-9-17)6-7-14(10)18-15(19)12-4-2-3-5-13(12)16(20)21/h2-3,6-8,12-13H,4-5H2,1H3,(H,18,19)(H,20,21). The molecule has 0 aliphatic heterocycles. The second-order valence-electron chi connectivity index (χ2n) is 5.15. The van der Waals surface area contributed by atoms with Gasteiger partial charge in [0.15, 0.2) is 0 Å². The smallest absolute Gasteiger partial charge is 0.307 e. The summed E-state index contributed by atoms with van der Waals surface area (Å²) in [4.78, 5) is 24.4. The number of carboxylic acids is 1. The molecule has 1 aliphatic rings. The third-order valence-corrected chi connectivity index (χ3v) is 4.29. The van der Waals surface area contributed by atoms with E-state index < -0.39 is 17.8 Å². The number of carboxylic acid groups (broad SMARTS) is 1. The highest BCUT2D eigenvalue weighted by molar-refractivity contribution is 8.03. The van der Waals surface area contributed by atoms with Crippen LogP contribution < -0.4 is 5.32 Å². The van der Waals surface area contributed by atoms with E-state index in [0.29, 0.717) is 18.5 Å². The van der Waals surface area contributed by atoms with Gasteiger partial charge in [-0.25, -0.2) is 0 Å². The number of carbonyl (C=O) groups excluding carboxylic acids is 1. The third-order valence-electron chi connectivity index (χ3n) is 3.71. The lowest BCUT2D eigenvalue weighted by Gasteiger charge is -2.24. The molecule has 1 amide bonds. The van der Waals surface area contributed by atoms with Crippen LogP contribution in [0.1, 0.15) is 18.4 Å². The molecule has 1 aromatic rings. The fourth-order valence-electron chi connectivity index (χ4n) is 2.49. The van der Waals surface area contributed by atoms with Gasteiger partial charge in [0.25, 0.3) is 0 Å². The van der Waals surface area contributed by atoms with E-state index in [1.807, 2.05) is 30.5 Å². The number of nitrogens with zero attached hydrogens (tertiary/aromatic N) is 1. The number of hydrogen-bond donors (Lipinski definition) is 2. The van der Waals surface area contributed by atoms with Crippen molar-refractivity contribution < 1.29 is 14.7 Å². The van der Waals surface area contributed by atoms with Crippen LogP contribution in [0.2, 0.25) is 0 Å². The Morgan fingerprint density at radius 2 is 2.00 bits per heavy atom. The van der Waals surface area contributed by atoms with Gasteiger partial charge < -0.3 is 10.4 Å². The second-order valence-corrected chi connectivity index (χ2v) is 6.01. The maximum absolute atomic E-state index is 12.4. The number of hydrogen-bond acceptors (Lipinski definition) is 4. The zero-order chi connectivity index (χ0) is 16.1. The highest BCUT2D eigenvalue weighted by atomic mass is 32.2. The Kier molecular flexibility index (Phi) is 5.23. The topological polar surface area (TPSA) is 90.2 Å². The Morgan fingerprint density at radius 3 is 2.59 bits per heavy atom. The zero-order valence-electron chi connectivity index (χ0n) is 12.1. The first-order valence-electron chi connectivity index (χ1n) is 6.88. The number of aryl methyl sites for hydroxylation is 1. The molecule has 1 aromatic carbocycles. The Labute approximate surface area is 133 Å². The van der Waals surface area contributed by atoms with E-state index in [4.69, 9.17) is 5.26 Å². The molecule has 22 heavy (non-hydrogen) atoms. The van der Waals surface area contributed by atoms with Crippen molar-refractivity contribution in [1.29, 1.82) is 5.26 Å². The molecule has 0 heterocycles. The molecule has 2 unspecified atom stereocenters. The lowest BCUT2D eigenvalue weighted by Crippen LogP contribution is -2.34. The Hall–Kier alpha value is -2.26. The summed E-state index contributed by atoms with van der Waals surface area (Å²) < 4.78 is 0. The van der Waals surface area contributed by atoms with Gasteiger partial charge in [-0.3, -0.25) is 9.59 Å². The predicted molar refractivity (Wildman–Crippen MR) is 84.3 cm³/mol. The monoisotopic (exact) mass is 316 g/mol. The summed E-state index contributed by atoms with van der Waals surface area (Å²) in [5.74, 6) is -2.46. The van der Waals surface area contributed by atoms with Crippen LogP contribution in [0.4, 0.5) is 5.69 Å². The first kappa shape index (κ1) is 16.1. The molecule has 0 saturated heterocycles. The normalized spacial score (nSPS) is 20.2. The van der Waals surface area contributed by atoms with Crippen LogP contribution in [0.25, 0.3) is 0 Å². The van der Waals surface area contributed by atoms with E-state index in [-0.39, 0.29) is 5.91 Å². The van der Waals surface area contributed by atoms with E-state index >= 15 is 0 Å². The van der Waals surface area contributed by atoms with Gasteiger partial charge in [0.05, 0.1) is 11.8 Å². The summed E-state index contributed by atoms with van der Waals surface area (Å²) in [7, 11) is 0. The Balaban J connectivity index is 2.13. The molecule has 0 bridgehead atoms. The van der Waals surface area contributed by atoms with Crippen molar-refractivity contribution in [3.63, 3.8) is 0 Å². The van der Waals surface area contributed by atoms with E-state index in [1.54, 1.807) is 12.1 Å². The average molecular weight is 316 g/mol. The van der Waals surface area contributed by atoms with Crippen molar-refractivity contribution in [1.82, 2.24) is 0 Å². The minimum absolute atomic E-state index is 0.277. The summed E-state index contributed by atoms with van der Waals surface area (Å²) in [5.41, 5.74) is 1.48. The number of thiocyanates is 1. The van der Waals surface area contributed by atoms with Crippen LogP contribution in [0.15, 0.2) is 35.2 Å². The summed E-state index contributed by atoms with van der Waals surface area (Å²) in [5, 5.41) is 22.7. The molecule has 2 N–H and O–H groups in total. The number of rotatable bonds is 4. The van der Waals surface area contributed by atoms with Gasteiger partial charge in [-0.2, -0.15) is 5.26 Å². The fourth-order valence-corrected chi connectivity index (χ4v) is 2.97. The van der Waals surface area contributed by atoms with E-state index in [1.165, 1.54) is 0 Å². The van der Waals surface area contributed by atoms with Crippen LogP contribution in [0.5, 0.6) is 0 Å². The highest BCUT2D eigenvalue weighted by Gasteiger charge is 2.34. The van der Waals surface area contributed by atoms with Crippen LogP contribution in [-0.2, 0) is 9.59 Å². The van der Waals surface area contributed by atoms with Gasteiger partial charge in [0.1, 0.15) is 5.40 Å². The first-order valence-corrected chi connectivity index (χ1v) is 7.70. The summed E-state index contributed by atoms with van der Waals surface area (Å²) in [6.07, 6.45) is 4.47. The Bertz CT molecular complexity index is 664. The predicted octanol–water partition coefficient (Wildman–Crippen LogP) is 3.17. The molecule has 2 rings (SSSR count). The molecule has 0 radical (unpaired) electrons. The Morgan fingerprint density at radius 1 is 1.32 bits per heavy atom. The largest absolute Gasteiger partial charge is 0.481 e. The molecule has 0 spiro atoms. The number of carbonyl (C=O) groups is 2. The summed E-state index contributed by atoms with van der Waals surface area (Å²) >= 11 is 1.06. The van der Waals surface area contributed by atoms with Crippen LogP contribution in [0, 0.1) is 29.4 Å². The van der Waals surface area contributed by atoms with E-state index in [9.17, 15) is 14.7 Å². The van der Waals surface area contributed by atoms with Gasteiger partial charge in [-0.1, -0.05) is 12.2 Å². The molecular weight excluding hydrogens is 300 g/mol. The number of allylic oxidation sites excluding steroid dienone is 2. The molecule has 0 aromatic heterocycles. The molecule has 2 atom stereocenters. The lowest BCUT2D eigenvalue weighted by molar-refractivity contribution is -0.146. The van der Waals surface area contributed by atoms with Gasteiger partial charge in [-0.15, -0.1) is 0 Å². The maximum atomic E-state index is 12.4.